The minimum Gasteiger partial charge on any atom is -0.358 e. The second-order valence-electron chi connectivity index (χ2n) is 1.85. The highest BCUT2D eigenvalue weighted by atomic mass is 14.9. The number of aromatic nitrogens is 1. The van der Waals surface area contributed by atoms with Crippen LogP contribution in [-0.2, 0) is 7.05 Å². The summed E-state index contributed by atoms with van der Waals surface area (Å²) in [6.07, 6.45) is 4.12. The van der Waals surface area contributed by atoms with E-state index in [4.69, 9.17) is 0 Å². The van der Waals surface area contributed by atoms with Crippen molar-refractivity contribution in [1.29, 1.82) is 0 Å². The average Bonchev–Trinajstić information content (AvgIpc) is 1.87. The molecule has 1 nitrogen and oxygen atoms in total. The van der Waals surface area contributed by atoms with Gasteiger partial charge in [0.05, 0.1) is 0 Å². The van der Waals surface area contributed by atoms with Gasteiger partial charge >= 0.3 is 0 Å². The zero-order valence-electron chi connectivity index (χ0n) is 4.68. The van der Waals surface area contributed by atoms with Crippen molar-refractivity contribution >= 4 is 13.3 Å². The normalized spacial score (nSPS) is 9.29. The maximum Gasteiger partial charge on any atom is 0.141 e. The summed E-state index contributed by atoms with van der Waals surface area (Å²) in [5.74, 6) is 0. The molecule has 0 atom stereocenters. The van der Waals surface area contributed by atoms with Gasteiger partial charge in [0, 0.05) is 13.2 Å². The summed E-state index contributed by atoms with van der Waals surface area (Å²) in [5, 5.41) is 0. The van der Waals surface area contributed by atoms with Gasteiger partial charge in [-0.25, -0.2) is 0 Å². The average molecular weight is 92.9 g/mol. The van der Waals surface area contributed by atoms with Gasteiger partial charge in [0.2, 0.25) is 0 Å². The Bertz CT molecular complexity index is 140. The van der Waals surface area contributed by atoms with E-state index in [9.17, 15) is 0 Å². The summed E-state index contributed by atoms with van der Waals surface area (Å²) in [6, 6.07) is 2.08. The minimum atomic E-state index is 1.32. The fourth-order valence-electron chi connectivity index (χ4n) is 0.642. The number of rotatable bonds is 0. The van der Waals surface area contributed by atoms with Crippen molar-refractivity contribution in [3.63, 3.8) is 0 Å². The molecule has 0 bridgehead atoms. The summed E-state index contributed by atoms with van der Waals surface area (Å²) in [5.41, 5.74) is 1.32. The second kappa shape index (κ2) is 1.45. The predicted octanol–water partition coefficient (Wildman–Crippen LogP) is -0.717. The molecule has 2 heteroatoms. The van der Waals surface area contributed by atoms with Crippen molar-refractivity contribution in [2.75, 3.05) is 0 Å². The number of hydrogen-bond acceptors (Lipinski definition) is 0. The van der Waals surface area contributed by atoms with Gasteiger partial charge in [0.1, 0.15) is 7.85 Å². The van der Waals surface area contributed by atoms with Crippen molar-refractivity contribution in [2.24, 2.45) is 7.05 Å². The van der Waals surface area contributed by atoms with E-state index in [-0.39, 0.29) is 0 Å². The lowest BCUT2D eigenvalue weighted by Gasteiger charge is -1.81. The van der Waals surface area contributed by atoms with E-state index in [1.807, 2.05) is 17.8 Å². The highest BCUT2D eigenvalue weighted by molar-refractivity contribution is 6.32. The molecule has 0 fully saturated rings. The van der Waals surface area contributed by atoms with Crippen LogP contribution < -0.4 is 5.46 Å². The first kappa shape index (κ1) is 4.50. The van der Waals surface area contributed by atoms with Crippen molar-refractivity contribution < 1.29 is 0 Å². The largest absolute Gasteiger partial charge is 0.358 e. The summed E-state index contributed by atoms with van der Waals surface area (Å²) >= 11 is 0. The Morgan fingerprint density at radius 2 is 2.43 bits per heavy atom. The lowest BCUT2D eigenvalue weighted by molar-refractivity contribution is 0.930. The van der Waals surface area contributed by atoms with Crippen molar-refractivity contribution in [1.82, 2.24) is 4.57 Å². The molecular formula is C5H8BN. The molecule has 0 aliphatic rings. The number of hydrogen-bond donors (Lipinski definition) is 0. The Kier molecular flexibility index (Phi) is 0.932. The SMILES string of the molecule is Bc1ccn(C)c1. The van der Waals surface area contributed by atoms with E-state index in [1.54, 1.807) is 0 Å². The molecule has 36 valence electrons. The molecule has 1 aromatic rings. The van der Waals surface area contributed by atoms with Crippen LogP contribution >= 0.6 is 0 Å². The molecule has 0 aliphatic heterocycles. The zero-order chi connectivity index (χ0) is 5.28. The van der Waals surface area contributed by atoms with E-state index < -0.39 is 0 Å². The lowest BCUT2D eigenvalue weighted by Crippen LogP contribution is -1.95. The molecule has 0 N–H and O–H groups in total. The molecular weight excluding hydrogens is 84.9 g/mol. The topological polar surface area (TPSA) is 4.93 Å². The van der Waals surface area contributed by atoms with E-state index in [2.05, 4.69) is 20.1 Å². The highest BCUT2D eigenvalue weighted by Gasteiger charge is 1.80. The van der Waals surface area contributed by atoms with E-state index >= 15 is 0 Å². The van der Waals surface area contributed by atoms with Crippen LogP contribution in [0.4, 0.5) is 0 Å². The molecule has 0 spiro atoms. The molecule has 1 rings (SSSR count). The molecule has 1 heterocycles. The minimum absolute atomic E-state index is 1.32. The predicted molar refractivity (Wildman–Crippen MR) is 33.6 cm³/mol. The molecule has 7 heavy (non-hydrogen) atoms. The Hall–Kier alpha value is -0.655. The van der Waals surface area contributed by atoms with Crippen LogP contribution in [0.5, 0.6) is 0 Å². The first-order valence-electron chi connectivity index (χ1n) is 2.37. The zero-order valence-corrected chi connectivity index (χ0v) is 4.68. The highest BCUT2D eigenvalue weighted by Crippen LogP contribution is 1.76. The third-order valence-corrected chi connectivity index (χ3v) is 0.980. The Balaban J connectivity index is 3.04. The van der Waals surface area contributed by atoms with Crippen molar-refractivity contribution in [3.8, 4) is 0 Å². The van der Waals surface area contributed by atoms with Gasteiger partial charge in [-0.3, -0.25) is 0 Å². The second-order valence-corrected chi connectivity index (χ2v) is 1.85. The number of aryl methyl sites for hydroxylation is 1. The molecule has 0 saturated heterocycles. The molecule has 0 unspecified atom stereocenters. The van der Waals surface area contributed by atoms with Gasteiger partial charge in [-0.2, -0.15) is 0 Å². The van der Waals surface area contributed by atoms with Crippen molar-refractivity contribution in [2.45, 2.75) is 0 Å². The van der Waals surface area contributed by atoms with Crippen LogP contribution in [0, 0.1) is 0 Å². The third kappa shape index (κ3) is 0.859. The standard InChI is InChI=1S/C5H8BN/c1-7-3-2-5(6)4-7/h2-4H,6H2,1H3. The van der Waals surface area contributed by atoms with Crippen molar-refractivity contribution in [3.05, 3.63) is 18.5 Å². The molecule has 0 amide bonds. The fraction of sp³-hybridized carbons (Fsp3) is 0.200. The van der Waals surface area contributed by atoms with Gasteiger partial charge < -0.3 is 4.57 Å². The maximum atomic E-state index is 2.08. The van der Waals surface area contributed by atoms with Crippen LogP contribution in [0.3, 0.4) is 0 Å². The van der Waals surface area contributed by atoms with Crippen LogP contribution in [0.15, 0.2) is 18.5 Å². The molecule has 0 radical (unpaired) electrons. The number of nitrogens with zero attached hydrogens (tertiary/aromatic N) is 1. The van der Waals surface area contributed by atoms with Crippen LogP contribution in [0.1, 0.15) is 0 Å². The monoisotopic (exact) mass is 93.1 g/mol. The lowest BCUT2D eigenvalue weighted by atomic mass is 10.0. The Labute approximate surface area is 44.4 Å². The third-order valence-electron chi connectivity index (χ3n) is 0.980. The fourth-order valence-corrected chi connectivity index (χ4v) is 0.642. The van der Waals surface area contributed by atoms with Crippen LogP contribution in [0.25, 0.3) is 0 Å². The van der Waals surface area contributed by atoms with Gasteiger partial charge in [0.25, 0.3) is 0 Å². The van der Waals surface area contributed by atoms with E-state index in [1.165, 1.54) is 5.46 Å². The van der Waals surface area contributed by atoms with Gasteiger partial charge in [0.15, 0.2) is 0 Å². The van der Waals surface area contributed by atoms with Gasteiger partial charge in [-0.05, 0) is 6.20 Å². The molecule has 0 aromatic carbocycles. The first-order chi connectivity index (χ1) is 3.29. The van der Waals surface area contributed by atoms with E-state index in [0.717, 1.165) is 0 Å². The maximum absolute atomic E-state index is 2.08. The summed E-state index contributed by atoms with van der Waals surface area (Å²) in [7, 11) is 4.10. The van der Waals surface area contributed by atoms with Gasteiger partial charge in [-0.15, -0.1) is 0 Å². The summed E-state index contributed by atoms with van der Waals surface area (Å²) in [6.45, 7) is 0. The van der Waals surface area contributed by atoms with E-state index in [0.29, 0.717) is 0 Å². The van der Waals surface area contributed by atoms with Crippen LogP contribution in [0.2, 0.25) is 0 Å². The first-order valence-corrected chi connectivity index (χ1v) is 2.37. The molecule has 0 saturated carbocycles. The smallest absolute Gasteiger partial charge is 0.141 e. The molecule has 1 aromatic heterocycles. The Morgan fingerprint density at radius 3 is 2.57 bits per heavy atom. The Morgan fingerprint density at radius 1 is 1.71 bits per heavy atom. The quantitative estimate of drug-likeness (QED) is 0.373. The molecule has 0 aliphatic carbocycles. The summed E-state index contributed by atoms with van der Waals surface area (Å²) in [4.78, 5) is 0. The summed E-state index contributed by atoms with van der Waals surface area (Å²) < 4.78 is 2.04. The van der Waals surface area contributed by atoms with Gasteiger partial charge in [-0.1, -0.05) is 11.5 Å². The van der Waals surface area contributed by atoms with Crippen LogP contribution in [-0.4, -0.2) is 12.4 Å².